The lowest BCUT2D eigenvalue weighted by Crippen LogP contribution is -2.58. The molecule has 73 heavy (non-hydrogen) atoms. The highest BCUT2D eigenvalue weighted by Crippen LogP contribution is 2.40. The van der Waals surface area contributed by atoms with Crippen LogP contribution in [0.3, 0.4) is 0 Å². The number of nitrogens with one attached hydrogen (secondary N) is 2. The summed E-state index contributed by atoms with van der Waals surface area (Å²) in [6.45, 7) is 12.0. The summed E-state index contributed by atoms with van der Waals surface area (Å²) in [6, 6.07) is 16.1. The quantitative estimate of drug-likeness (QED) is 0.0405. The van der Waals surface area contributed by atoms with Crippen molar-refractivity contribution in [1.29, 1.82) is 0 Å². The van der Waals surface area contributed by atoms with E-state index < -0.39 is 64.5 Å². The third kappa shape index (κ3) is 13.9. The molecule has 16 nitrogen and oxygen atoms in total. The number of unbranched alkanes of at least 4 members (excludes halogenated alkanes) is 2. The summed E-state index contributed by atoms with van der Waals surface area (Å²) < 4.78 is 61.0. The van der Waals surface area contributed by atoms with Gasteiger partial charge in [0.25, 0.3) is 5.91 Å². The number of amides is 4. The van der Waals surface area contributed by atoms with E-state index in [0.29, 0.717) is 37.7 Å². The van der Waals surface area contributed by atoms with E-state index in [4.69, 9.17) is 26.4 Å². The fraction of sp³-hybridized carbons (Fsp3) is 0.491. The molecule has 0 aliphatic carbocycles. The zero-order valence-electron chi connectivity index (χ0n) is 42.7. The Bertz CT molecular complexity index is 2600. The second kappa shape index (κ2) is 24.2. The van der Waals surface area contributed by atoms with E-state index in [1.807, 2.05) is 69.8 Å². The van der Waals surface area contributed by atoms with Crippen molar-refractivity contribution in [2.24, 2.45) is 17.5 Å². The molecule has 0 radical (unpaired) electrons. The van der Waals surface area contributed by atoms with Crippen LogP contribution in [0.1, 0.15) is 96.4 Å². The van der Waals surface area contributed by atoms with Crippen molar-refractivity contribution in [1.82, 2.24) is 25.1 Å². The molecule has 3 aromatic carbocycles. The van der Waals surface area contributed by atoms with Crippen molar-refractivity contribution in [2.75, 3.05) is 56.4 Å². The second-order valence-electron chi connectivity index (χ2n) is 19.9. The molecule has 6 rings (SSSR count). The number of nitrogens with zero attached hydrogens (tertiary/aromatic N) is 6. The van der Waals surface area contributed by atoms with Crippen molar-refractivity contribution in [3.63, 3.8) is 0 Å². The van der Waals surface area contributed by atoms with Crippen LogP contribution in [0.5, 0.6) is 5.75 Å². The number of benzene rings is 3. The first kappa shape index (κ1) is 56.1. The van der Waals surface area contributed by atoms with Gasteiger partial charge in [-0.15, -0.1) is 0 Å². The molecule has 2 saturated heterocycles. The Hall–Kier alpha value is -6.22. The Morgan fingerprint density at radius 3 is 2.23 bits per heavy atom. The number of rotatable bonds is 22. The van der Waals surface area contributed by atoms with Gasteiger partial charge >= 0.3 is 6.18 Å². The predicted octanol–water partition coefficient (Wildman–Crippen LogP) is 7.41. The SMILES string of the molecule is C/N=C/c1ccc(N2C(=O)C(C)(C)N(c3ccc(OCCCCCOCCCOCC(=O)N[C@H](C(=O)N4C[C@H](O)C[C@H]4C(=O)N[C@@H](C)c4ccc(-c5nccn5C)cc4)C(C)(C)C)cc3)C2=S)cc1C(F)(F)F. The number of likely N-dealkylation sites (tertiary alicyclic amines) is 1. The summed E-state index contributed by atoms with van der Waals surface area (Å²) in [4.78, 5) is 66.6. The number of carbonyl (C=O) groups excluding carboxylic acids is 4. The average molecular weight is 1030 g/mol. The van der Waals surface area contributed by atoms with Crippen LogP contribution in [0.25, 0.3) is 11.4 Å². The maximum Gasteiger partial charge on any atom is 0.417 e. The van der Waals surface area contributed by atoms with Crippen LogP contribution in [0, 0.1) is 5.41 Å². The molecule has 4 amide bonds. The Labute approximate surface area is 430 Å². The molecule has 394 valence electrons. The van der Waals surface area contributed by atoms with E-state index in [2.05, 4.69) is 20.6 Å². The molecule has 0 unspecified atom stereocenters. The zero-order valence-corrected chi connectivity index (χ0v) is 43.5. The van der Waals surface area contributed by atoms with Crippen LogP contribution in [-0.2, 0) is 41.9 Å². The van der Waals surface area contributed by atoms with Crippen LogP contribution in [0.4, 0.5) is 24.5 Å². The van der Waals surface area contributed by atoms with Crippen molar-refractivity contribution in [3.05, 3.63) is 95.8 Å². The molecule has 0 spiro atoms. The highest BCUT2D eigenvalue weighted by atomic mass is 32.1. The van der Waals surface area contributed by atoms with E-state index in [0.717, 1.165) is 53.4 Å². The normalized spacial score (nSPS) is 17.9. The number of imidazole rings is 1. The molecule has 3 heterocycles. The monoisotopic (exact) mass is 1030 g/mol. The number of hydrogen-bond acceptors (Lipinski definition) is 11. The van der Waals surface area contributed by atoms with Gasteiger partial charge < -0.3 is 44.3 Å². The molecule has 0 bridgehead atoms. The van der Waals surface area contributed by atoms with Crippen molar-refractivity contribution in [3.8, 4) is 17.1 Å². The Morgan fingerprint density at radius 2 is 1.59 bits per heavy atom. The average Bonchev–Trinajstić information content (AvgIpc) is 4.00. The van der Waals surface area contributed by atoms with Crippen molar-refractivity contribution < 1.29 is 51.7 Å². The fourth-order valence-corrected chi connectivity index (χ4v) is 9.33. The van der Waals surface area contributed by atoms with Gasteiger partial charge in [0.1, 0.15) is 35.8 Å². The molecule has 4 atom stereocenters. The standard InChI is InChI=1S/C53H67F3N8O8S/c1-34(35-13-15-36(16-14-35)46-58-23-24-61(46)8)59-47(67)43-30-40(65)32-62(43)48(68)45(51(2,3)4)60-44(66)33-71-27-12-26-70-25-10-9-11-28-72-41-21-19-38(20-22-41)64-50(73)63(49(69)52(64,5)6)39-18-17-37(31-57-7)42(29-39)53(54,55)56/h13-24,29,31,34,40,43,45,65H,9-12,25-28,30,32-33H2,1-8H3,(H,59,67)(H,60,66)/b57-31+/t34-,40+,43-,45+/m0/s1. The van der Waals surface area contributed by atoms with Gasteiger partial charge in [-0.2, -0.15) is 13.2 Å². The minimum atomic E-state index is -4.67. The third-order valence-electron chi connectivity index (χ3n) is 12.8. The lowest BCUT2D eigenvalue weighted by molar-refractivity contribution is -0.144. The lowest BCUT2D eigenvalue weighted by Gasteiger charge is -2.35. The van der Waals surface area contributed by atoms with Crippen molar-refractivity contribution >= 4 is 58.5 Å². The van der Waals surface area contributed by atoms with E-state index in [-0.39, 0.29) is 48.6 Å². The Morgan fingerprint density at radius 1 is 0.932 bits per heavy atom. The number of aliphatic hydroxyl groups excluding tert-OH is 1. The zero-order chi connectivity index (χ0) is 53.3. The van der Waals surface area contributed by atoms with E-state index >= 15 is 0 Å². The van der Waals surface area contributed by atoms with Gasteiger partial charge in [0, 0.05) is 82.3 Å². The predicted molar refractivity (Wildman–Crippen MR) is 276 cm³/mol. The number of carbonyl (C=O) groups is 4. The molecule has 4 aromatic rings. The van der Waals surface area contributed by atoms with Crippen LogP contribution in [-0.4, -0.2) is 125 Å². The highest BCUT2D eigenvalue weighted by Gasteiger charge is 2.51. The molecule has 1 aromatic heterocycles. The number of ether oxygens (including phenoxy) is 3. The second-order valence-corrected chi connectivity index (χ2v) is 20.2. The Kier molecular flexibility index (Phi) is 18.6. The van der Waals surface area contributed by atoms with Crippen LogP contribution in [0.15, 0.2) is 84.1 Å². The minimum absolute atomic E-state index is 0.0114. The maximum atomic E-state index is 14.0. The molecule has 2 aliphatic heterocycles. The minimum Gasteiger partial charge on any atom is -0.494 e. The Balaban J connectivity index is 0.861. The summed E-state index contributed by atoms with van der Waals surface area (Å²) in [7, 11) is 3.30. The lowest BCUT2D eigenvalue weighted by atomic mass is 9.85. The maximum absolute atomic E-state index is 14.0. The summed E-state index contributed by atoms with van der Waals surface area (Å²) in [5.41, 5.74) is -0.545. The molecule has 20 heteroatoms. The molecule has 0 saturated carbocycles. The number of aliphatic hydroxyl groups is 1. The molecule has 2 fully saturated rings. The number of aliphatic imine (C=N–C) groups is 1. The molecule has 2 aliphatic rings. The number of halogens is 3. The van der Waals surface area contributed by atoms with Gasteiger partial charge in [0.05, 0.1) is 30.0 Å². The first-order valence-corrected chi connectivity index (χ1v) is 24.8. The van der Waals surface area contributed by atoms with Crippen molar-refractivity contribution in [2.45, 2.75) is 110 Å². The highest BCUT2D eigenvalue weighted by molar-refractivity contribution is 7.81. The number of anilines is 2. The summed E-state index contributed by atoms with van der Waals surface area (Å²) in [5.74, 6) is -0.370. The largest absolute Gasteiger partial charge is 0.494 e. The van der Waals surface area contributed by atoms with Gasteiger partial charge in [0.2, 0.25) is 17.7 Å². The van der Waals surface area contributed by atoms with Gasteiger partial charge in [-0.1, -0.05) is 51.1 Å². The van der Waals surface area contributed by atoms with Crippen LogP contribution in [0.2, 0.25) is 0 Å². The smallest absolute Gasteiger partial charge is 0.417 e. The number of hydrogen-bond donors (Lipinski definition) is 3. The third-order valence-corrected chi connectivity index (χ3v) is 13.1. The van der Waals surface area contributed by atoms with Gasteiger partial charge in [-0.05, 0) is 106 Å². The first-order valence-electron chi connectivity index (χ1n) is 24.4. The summed E-state index contributed by atoms with van der Waals surface area (Å²) >= 11 is 5.69. The summed E-state index contributed by atoms with van der Waals surface area (Å²) in [6.07, 6.45) is 2.19. The molecular weight excluding hydrogens is 966 g/mol. The van der Waals surface area contributed by atoms with Gasteiger partial charge in [-0.3, -0.25) is 29.1 Å². The molecule has 3 N–H and O–H groups in total. The van der Waals surface area contributed by atoms with Crippen LogP contribution >= 0.6 is 12.2 Å². The number of thiocarbonyl (C=S) groups is 1. The van der Waals surface area contributed by atoms with Crippen LogP contribution < -0.4 is 25.2 Å². The topological polar surface area (TPSA) is 180 Å². The first-order chi connectivity index (χ1) is 34.5. The number of aryl methyl sites for hydroxylation is 1. The fourth-order valence-electron chi connectivity index (χ4n) is 8.81. The molecular formula is C53H67F3N8O8S. The van der Waals surface area contributed by atoms with Gasteiger partial charge in [0.15, 0.2) is 5.11 Å². The van der Waals surface area contributed by atoms with E-state index in [9.17, 15) is 37.5 Å². The van der Waals surface area contributed by atoms with Gasteiger partial charge in [-0.25, -0.2) is 4.98 Å². The summed E-state index contributed by atoms with van der Waals surface area (Å²) in [5, 5.41) is 16.5. The van der Waals surface area contributed by atoms with E-state index in [1.54, 1.807) is 49.2 Å². The number of β-amino-alcohol motifs (C(OH)–C–C–N with tert-alkyl or cyclic N) is 1. The number of aromatic nitrogens is 2. The van der Waals surface area contributed by atoms with E-state index in [1.165, 1.54) is 24.1 Å². The number of alkyl halides is 3.